The normalized spacial score (nSPS) is 13.2. The molecule has 0 fully saturated rings. The van der Waals surface area contributed by atoms with Gasteiger partial charge in [-0.3, -0.25) is 4.79 Å². The Morgan fingerprint density at radius 3 is 2.16 bits per heavy atom. The predicted octanol–water partition coefficient (Wildman–Crippen LogP) is 7.16. The molecule has 0 aliphatic rings. The number of esters is 1. The molecule has 0 radical (unpaired) electrons. The zero-order chi connectivity index (χ0) is 28.1. The van der Waals surface area contributed by atoms with Gasteiger partial charge in [0.05, 0.1) is 30.4 Å². The van der Waals surface area contributed by atoms with Gasteiger partial charge >= 0.3 is 5.97 Å². The molecule has 1 unspecified atom stereocenters. The van der Waals surface area contributed by atoms with Gasteiger partial charge < -0.3 is 14.5 Å². The third-order valence-corrected chi connectivity index (χ3v) is 8.01. The largest absolute Gasteiger partial charge is 0.465 e. The lowest BCUT2D eigenvalue weighted by atomic mass is 9.73. The summed E-state index contributed by atoms with van der Waals surface area (Å²) in [5.74, 6) is -0.778. The van der Waals surface area contributed by atoms with Crippen molar-refractivity contribution in [3.63, 3.8) is 0 Å². The molecule has 38 heavy (non-hydrogen) atoms. The fourth-order valence-corrected chi connectivity index (χ4v) is 6.07. The number of rotatable bonds is 9. The maximum absolute atomic E-state index is 12.8. The summed E-state index contributed by atoms with van der Waals surface area (Å²) < 4.78 is 11.4. The lowest BCUT2D eigenvalue weighted by Gasteiger charge is -2.44. The topological polar surface area (TPSA) is 64.6 Å². The van der Waals surface area contributed by atoms with Gasteiger partial charge in [-0.1, -0.05) is 80.9 Å². The summed E-state index contributed by atoms with van der Waals surface area (Å²) >= 11 is 6.08. The third-order valence-electron chi connectivity index (χ3n) is 6.83. The van der Waals surface area contributed by atoms with Crippen LogP contribution in [0.4, 0.5) is 5.69 Å². The minimum Gasteiger partial charge on any atom is -0.465 e. The van der Waals surface area contributed by atoms with Crippen LogP contribution in [0.5, 0.6) is 0 Å². The van der Waals surface area contributed by atoms with Crippen LogP contribution in [0.1, 0.15) is 60.3 Å². The molecule has 0 saturated heterocycles. The van der Waals surface area contributed by atoms with Gasteiger partial charge in [0.1, 0.15) is 0 Å². The lowest BCUT2D eigenvalue weighted by Crippen LogP contribution is -2.42. The standard InChI is InChI=1S/C31H38ClNO4Si/c1-30(2,3)31(4,37-38(6)7)24-13-11-21(12-14-24)17-22-9-8-10-23(18-22)19-28(34)33-27-20-25(32)15-16-26(27)29(35)36-5/h8-16,18,20,38H,17,19H2,1-7H3,(H,33,34). The van der Waals surface area contributed by atoms with Crippen molar-refractivity contribution in [3.8, 4) is 0 Å². The van der Waals surface area contributed by atoms with E-state index in [1.54, 1.807) is 12.1 Å². The Balaban J connectivity index is 1.72. The van der Waals surface area contributed by atoms with Gasteiger partial charge in [0.25, 0.3) is 0 Å². The van der Waals surface area contributed by atoms with E-state index in [2.05, 4.69) is 76.4 Å². The number of halogens is 1. The number of nitrogens with one attached hydrogen (secondary N) is 1. The summed E-state index contributed by atoms with van der Waals surface area (Å²) in [7, 11) is 0.0480. The van der Waals surface area contributed by atoms with Crippen molar-refractivity contribution >= 4 is 38.2 Å². The number of hydrogen-bond donors (Lipinski definition) is 1. The number of anilines is 1. The molecule has 7 heteroatoms. The first-order valence-corrected chi connectivity index (χ1v) is 16.0. The number of amides is 1. The first kappa shape index (κ1) is 29.6. The highest BCUT2D eigenvalue weighted by molar-refractivity contribution is 6.48. The van der Waals surface area contributed by atoms with E-state index in [0.29, 0.717) is 10.7 Å². The summed E-state index contributed by atoms with van der Waals surface area (Å²) in [5.41, 5.74) is 4.57. The van der Waals surface area contributed by atoms with E-state index < -0.39 is 15.0 Å². The van der Waals surface area contributed by atoms with Gasteiger partial charge in [0.2, 0.25) is 5.91 Å². The monoisotopic (exact) mass is 551 g/mol. The second kappa shape index (κ2) is 12.3. The first-order chi connectivity index (χ1) is 17.8. The molecule has 1 N–H and O–H groups in total. The Kier molecular flexibility index (Phi) is 9.58. The molecule has 3 aromatic carbocycles. The molecule has 0 heterocycles. The average Bonchev–Trinajstić information content (AvgIpc) is 2.83. The van der Waals surface area contributed by atoms with Crippen LogP contribution in [0, 0.1) is 5.41 Å². The number of methoxy groups -OCH3 is 1. The van der Waals surface area contributed by atoms with Gasteiger partial charge in [-0.2, -0.15) is 0 Å². The molecular formula is C31H38ClNO4Si. The minimum absolute atomic E-state index is 0.0383. The van der Waals surface area contributed by atoms with Crippen molar-refractivity contribution in [1.29, 1.82) is 0 Å². The van der Waals surface area contributed by atoms with E-state index >= 15 is 0 Å². The van der Waals surface area contributed by atoms with Gasteiger partial charge in [0, 0.05) is 5.02 Å². The van der Waals surface area contributed by atoms with E-state index in [1.807, 2.05) is 18.2 Å². The highest BCUT2D eigenvalue weighted by Gasteiger charge is 2.40. The predicted molar refractivity (Wildman–Crippen MR) is 158 cm³/mol. The van der Waals surface area contributed by atoms with E-state index in [4.69, 9.17) is 20.8 Å². The molecule has 3 aromatic rings. The molecule has 0 saturated carbocycles. The zero-order valence-corrected chi connectivity index (χ0v) is 25.3. The number of carbonyl (C=O) groups is 2. The van der Waals surface area contributed by atoms with E-state index in [1.165, 1.54) is 24.3 Å². The summed E-state index contributed by atoms with van der Waals surface area (Å²) in [5, 5.41) is 3.21. The molecule has 1 atom stereocenters. The summed E-state index contributed by atoms with van der Waals surface area (Å²) in [6, 6.07) is 21.3. The van der Waals surface area contributed by atoms with Crippen molar-refractivity contribution < 1.29 is 18.8 Å². The number of carbonyl (C=O) groups excluding carboxylic acids is 2. The maximum atomic E-state index is 12.8. The summed E-state index contributed by atoms with van der Waals surface area (Å²) in [6.45, 7) is 13.3. The Morgan fingerprint density at radius 1 is 0.895 bits per heavy atom. The molecule has 0 aliphatic carbocycles. The minimum atomic E-state index is -1.25. The highest BCUT2D eigenvalue weighted by atomic mass is 35.5. The number of ether oxygens (including phenoxy) is 1. The summed E-state index contributed by atoms with van der Waals surface area (Å²) in [6.07, 6.45) is 0.919. The molecule has 1 amide bonds. The van der Waals surface area contributed by atoms with Gasteiger partial charge in [-0.05, 0) is 72.3 Å². The molecule has 202 valence electrons. The van der Waals surface area contributed by atoms with Crippen LogP contribution in [0.25, 0.3) is 0 Å². The van der Waals surface area contributed by atoms with Crippen molar-refractivity contribution in [2.75, 3.05) is 12.4 Å². The summed E-state index contributed by atoms with van der Waals surface area (Å²) in [4.78, 5) is 24.9. The number of benzene rings is 3. The SMILES string of the molecule is COC(=O)c1ccc(Cl)cc1NC(=O)Cc1cccc(Cc2ccc(C(C)(O[SiH](C)C)C(C)(C)C)cc2)c1. The van der Waals surface area contributed by atoms with Gasteiger partial charge in [-0.25, -0.2) is 4.79 Å². The second-order valence-electron chi connectivity index (χ2n) is 11.0. The molecule has 5 nitrogen and oxygen atoms in total. The van der Waals surface area contributed by atoms with Crippen molar-refractivity contribution in [1.82, 2.24) is 0 Å². The number of hydrogen-bond acceptors (Lipinski definition) is 4. The lowest BCUT2D eigenvalue weighted by molar-refractivity contribution is -0.115. The smallest absolute Gasteiger partial charge is 0.339 e. The van der Waals surface area contributed by atoms with E-state index in [9.17, 15) is 9.59 Å². The van der Waals surface area contributed by atoms with Gasteiger partial charge in [-0.15, -0.1) is 0 Å². The Morgan fingerprint density at radius 2 is 1.55 bits per heavy atom. The average molecular weight is 552 g/mol. The Bertz CT molecular complexity index is 1280. The Labute approximate surface area is 233 Å². The molecule has 0 aliphatic heterocycles. The molecular weight excluding hydrogens is 514 g/mol. The quantitative estimate of drug-likeness (QED) is 0.226. The van der Waals surface area contributed by atoms with Crippen LogP contribution in [-0.4, -0.2) is 28.0 Å². The van der Waals surface area contributed by atoms with E-state index in [0.717, 1.165) is 17.5 Å². The van der Waals surface area contributed by atoms with Crippen LogP contribution < -0.4 is 5.32 Å². The van der Waals surface area contributed by atoms with Crippen molar-refractivity contribution in [3.05, 3.63) is 99.6 Å². The van der Waals surface area contributed by atoms with Crippen LogP contribution >= 0.6 is 11.6 Å². The Hall–Kier alpha value is -2.93. The molecule has 3 rings (SSSR count). The van der Waals surface area contributed by atoms with Crippen molar-refractivity contribution in [2.45, 2.75) is 59.2 Å². The zero-order valence-electron chi connectivity index (χ0n) is 23.4. The van der Waals surface area contributed by atoms with Crippen LogP contribution in [0.15, 0.2) is 66.7 Å². The molecule has 0 spiro atoms. The second-order valence-corrected chi connectivity index (χ2v) is 13.8. The molecule has 0 bridgehead atoms. The van der Waals surface area contributed by atoms with E-state index in [-0.39, 0.29) is 28.9 Å². The van der Waals surface area contributed by atoms with Crippen molar-refractivity contribution in [2.24, 2.45) is 5.41 Å². The maximum Gasteiger partial charge on any atom is 0.339 e. The van der Waals surface area contributed by atoms with Crippen LogP contribution in [-0.2, 0) is 32.4 Å². The fourth-order valence-electron chi connectivity index (χ4n) is 4.46. The van der Waals surface area contributed by atoms with Gasteiger partial charge in [0.15, 0.2) is 9.04 Å². The van der Waals surface area contributed by atoms with Crippen LogP contribution in [0.2, 0.25) is 18.1 Å². The third kappa shape index (κ3) is 7.34. The first-order valence-electron chi connectivity index (χ1n) is 12.8. The highest BCUT2D eigenvalue weighted by Crippen LogP contribution is 2.43. The fraction of sp³-hybridized carbons (Fsp3) is 0.355. The van der Waals surface area contributed by atoms with Crippen LogP contribution in [0.3, 0.4) is 0 Å². The molecule has 0 aromatic heterocycles.